The van der Waals surface area contributed by atoms with Crippen molar-refractivity contribution in [2.75, 3.05) is 0 Å². The third-order valence-electron chi connectivity index (χ3n) is 1.36. The Morgan fingerprint density at radius 3 is 1.08 bits per heavy atom. The summed E-state index contributed by atoms with van der Waals surface area (Å²) in [6.07, 6.45) is 0. The molecule has 0 saturated carbocycles. The first kappa shape index (κ1) is 13.2. The third kappa shape index (κ3) is 11.2. The molecule has 0 radical (unpaired) electrons. The maximum absolute atomic E-state index is 3.38. The van der Waals surface area contributed by atoms with Crippen molar-refractivity contribution in [2.45, 2.75) is 38.5 Å². The summed E-state index contributed by atoms with van der Waals surface area (Å²) in [4.78, 5) is 14.7. The first-order valence-electron chi connectivity index (χ1n) is 4.66. The number of rotatable bonds is 2. The van der Waals surface area contributed by atoms with E-state index in [1.807, 2.05) is 0 Å². The minimum atomic E-state index is -1.56. The molecule has 0 aliphatic rings. The molecule has 0 bridgehead atoms. The van der Waals surface area contributed by atoms with Crippen molar-refractivity contribution in [2.24, 2.45) is 0 Å². The molecule has 0 nitrogen and oxygen atoms in total. The topological polar surface area (TPSA) is 0 Å². The molecule has 0 atom stereocenters. The number of hydrogen-bond acceptors (Lipinski definition) is 0. The van der Waals surface area contributed by atoms with E-state index >= 15 is 0 Å². The summed E-state index contributed by atoms with van der Waals surface area (Å²) in [7, 11) is 0. The van der Waals surface area contributed by atoms with Crippen LogP contribution in [0.5, 0.6) is 0 Å². The van der Waals surface area contributed by atoms with E-state index < -0.39 is 36.8 Å². The molecule has 0 aromatic heterocycles. The van der Waals surface area contributed by atoms with Crippen molar-refractivity contribution in [3.63, 3.8) is 0 Å². The standard InChI is InChI=1S/C4H4.6CH3.2Sn/c1-3-4-2;;;;;;;;/h1-2H2;6*1H3;;. The molecule has 2 heteroatoms. The second-order valence-electron chi connectivity index (χ2n) is 5.83. The zero-order valence-electron chi connectivity index (χ0n) is 9.41. The Morgan fingerprint density at radius 1 is 0.667 bits per heavy atom. The average Bonchev–Trinajstić information content (AvgIpc) is 1.76. The van der Waals surface area contributed by atoms with E-state index in [4.69, 9.17) is 0 Å². The van der Waals surface area contributed by atoms with Gasteiger partial charge < -0.3 is 0 Å². The third-order valence-corrected chi connectivity index (χ3v) is 8.43. The second-order valence-corrected chi connectivity index (χ2v) is 37.1. The van der Waals surface area contributed by atoms with Gasteiger partial charge in [-0.1, -0.05) is 0 Å². The van der Waals surface area contributed by atoms with E-state index in [0.717, 1.165) is 0 Å². The second kappa shape index (κ2) is 5.14. The van der Waals surface area contributed by atoms with Gasteiger partial charge in [-0.3, -0.25) is 0 Å². The van der Waals surface area contributed by atoms with Crippen molar-refractivity contribution in [3.8, 4) is 11.8 Å². The molecule has 0 N–H and O–H groups in total. The van der Waals surface area contributed by atoms with Gasteiger partial charge in [-0.05, 0) is 0 Å². The zero-order chi connectivity index (χ0) is 9.83. The van der Waals surface area contributed by atoms with Gasteiger partial charge in [0.25, 0.3) is 0 Å². The Bertz CT molecular complexity index is 163. The van der Waals surface area contributed by atoms with Gasteiger partial charge in [0.05, 0.1) is 0 Å². The molecule has 0 rings (SSSR count). The summed E-state index contributed by atoms with van der Waals surface area (Å²) in [6.45, 7) is 0. The van der Waals surface area contributed by atoms with Crippen LogP contribution in [0, 0.1) is 11.8 Å². The summed E-state index contributed by atoms with van der Waals surface area (Å²) in [5.41, 5.74) is 0. The summed E-state index contributed by atoms with van der Waals surface area (Å²) < 4.78 is 2.49. The zero-order valence-corrected chi connectivity index (χ0v) is 15.1. The molecule has 0 aliphatic heterocycles. The Hall–Kier alpha value is 1.16. The summed E-state index contributed by atoms with van der Waals surface area (Å²) in [5.74, 6) is 6.76. The van der Waals surface area contributed by atoms with Gasteiger partial charge in [0.2, 0.25) is 0 Å². The molecule has 0 unspecified atom stereocenters. The van der Waals surface area contributed by atoms with Crippen molar-refractivity contribution >= 4 is 36.8 Å². The Morgan fingerprint density at radius 2 is 0.917 bits per heavy atom. The van der Waals surface area contributed by atoms with Crippen LogP contribution < -0.4 is 0 Å². The van der Waals surface area contributed by atoms with Crippen LogP contribution in [0.1, 0.15) is 0 Å². The Kier molecular flexibility index (Phi) is 5.64. The Labute approximate surface area is 86.3 Å². The summed E-state index contributed by atoms with van der Waals surface area (Å²) in [5, 5.41) is 0. The van der Waals surface area contributed by atoms with Gasteiger partial charge in [-0.2, -0.15) is 0 Å². The molecule has 0 spiro atoms. The van der Waals surface area contributed by atoms with Crippen LogP contribution in [0.3, 0.4) is 0 Å². The van der Waals surface area contributed by atoms with Crippen LogP contribution in [0.2, 0.25) is 38.5 Å². The van der Waals surface area contributed by atoms with Gasteiger partial charge in [-0.25, -0.2) is 0 Å². The summed E-state index contributed by atoms with van der Waals surface area (Å²) in [6, 6.07) is 0. The van der Waals surface area contributed by atoms with E-state index in [1.54, 1.807) is 0 Å². The van der Waals surface area contributed by atoms with Crippen molar-refractivity contribution in [1.82, 2.24) is 0 Å². The molecule has 70 valence electrons. The molecule has 0 amide bonds. The maximum atomic E-state index is 3.38. The minimum absolute atomic E-state index is 1.25. The quantitative estimate of drug-likeness (QED) is 0.507. The van der Waals surface area contributed by atoms with Crippen LogP contribution >= 0.6 is 0 Å². The number of hydrogen-bond donors (Lipinski definition) is 0. The Balaban J connectivity index is 3.77. The van der Waals surface area contributed by atoms with Gasteiger partial charge in [0.1, 0.15) is 0 Å². The monoisotopic (exact) mass is 382 g/mol. The van der Waals surface area contributed by atoms with Gasteiger partial charge >= 0.3 is 87.1 Å². The van der Waals surface area contributed by atoms with Crippen molar-refractivity contribution in [3.05, 3.63) is 0 Å². The van der Waals surface area contributed by atoms with Crippen molar-refractivity contribution in [1.29, 1.82) is 0 Å². The molecule has 0 heterocycles. The first-order valence-corrected chi connectivity index (χ1v) is 25.8. The van der Waals surface area contributed by atoms with Crippen LogP contribution in [-0.2, 0) is 0 Å². The average molecular weight is 380 g/mol. The summed E-state index contributed by atoms with van der Waals surface area (Å²) >= 11 is -3.12. The van der Waals surface area contributed by atoms with Crippen LogP contribution in [0.15, 0.2) is 0 Å². The van der Waals surface area contributed by atoms with E-state index in [2.05, 4.69) is 41.5 Å². The fourth-order valence-corrected chi connectivity index (χ4v) is 4.40. The van der Waals surface area contributed by atoms with Gasteiger partial charge in [0, 0.05) is 0 Å². The SMILES string of the molecule is [CH3][Sn]([CH3])([CH3])[CH2]C#C[CH2][Sn]([CH3])([CH3])[CH3]. The van der Waals surface area contributed by atoms with Gasteiger partial charge in [-0.15, -0.1) is 0 Å². The van der Waals surface area contributed by atoms with Gasteiger partial charge in [0.15, 0.2) is 0 Å². The molecule has 0 fully saturated rings. The molecule has 0 aromatic rings. The fraction of sp³-hybridized carbons (Fsp3) is 0.800. The van der Waals surface area contributed by atoms with Crippen LogP contribution in [0.4, 0.5) is 0 Å². The fourth-order valence-electron chi connectivity index (χ4n) is 0.655. The predicted octanol–water partition coefficient (Wildman–Crippen LogP) is 3.67. The molecule has 0 aromatic carbocycles. The van der Waals surface area contributed by atoms with Crippen molar-refractivity contribution < 1.29 is 0 Å². The molecular formula is C10H22Sn2. The predicted molar refractivity (Wildman–Crippen MR) is 64.1 cm³/mol. The van der Waals surface area contributed by atoms with E-state index in [1.165, 1.54) is 8.87 Å². The molecule has 0 saturated heterocycles. The van der Waals surface area contributed by atoms with Crippen LogP contribution in [0.25, 0.3) is 0 Å². The normalized spacial score (nSPS) is 12.2. The van der Waals surface area contributed by atoms with E-state index in [0.29, 0.717) is 0 Å². The van der Waals surface area contributed by atoms with E-state index in [-0.39, 0.29) is 0 Å². The molecular weight excluding hydrogens is 358 g/mol. The molecule has 0 aliphatic carbocycles. The first-order chi connectivity index (χ1) is 5.21. The molecule has 12 heavy (non-hydrogen) atoms. The van der Waals surface area contributed by atoms with Crippen LogP contribution in [-0.4, -0.2) is 36.8 Å². The van der Waals surface area contributed by atoms with E-state index in [9.17, 15) is 0 Å².